The van der Waals surface area contributed by atoms with E-state index < -0.39 is 11.5 Å². The predicted octanol–water partition coefficient (Wildman–Crippen LogP) is 1.67. The standard InChI is InChI=1S/C19H20N4O5/c1-12-14(21-18(28-12)15-7-5-9-27-15)10-16(24)20-13-6-4-8-23(19(13)26)11-17(25)22(2)3/h4-9H,10-11H2,1-3H3,(H,20,24). The minimum atomic E-state index is -0.459. The molecule has 0 aliphatic carbocycles. The van der Waals surface area contributed by atoms with E-state index in [2.05, 4.69) is 10.3 Å². The highest BCUT2D eigenvalue weighted by atomic mass is 16.4. The molecule has 3 aromatic rings. The van der Waals surface area contributed by atoms with E-state index in [1.807, 2.05) is 0 Å². The maximum Gasteiger partial charge on any atom is 0.274 e. The fourth-order valence-corrected chi connectivity index (χ4v) is 2.49. The Morgan fingerprint density at radius 1 is 1.25 bits per heavy atom. The van der Waals surface area contributed by atoms with Gasteiger partial charge in [-0.05, 0) is 31.2 Å². The van der Waals surface area contributed by atoms with Gasteiger partial charge in [0.15, 0.2) is 5.76 Å². The summed E-state index contributed by atoms with van der Waals surface area (Å²) in [5.74, 6) is 0.592. The summed E-state index contributed by atoms with van der Waals surface area (Å²) in [6.07, 6.45) is 2.93. The minimum Gasteiger partial charge on any atom is -0.459 e. The molecule has 3 aromatic heterocycles. The number of amides is 2. The number of nitrogens with zero attached hydrogens (tertiary/aromatic N) is 3. The first-order valence-corrected chi connectivity index (χ1v) is 8.55. The Morgan fingerprint density at radius 3 is 2.71 bits per heavy atom. The summed E-state index contributed by atoms with van der Waals surface area (Å²) in [5.41, 5.74) is 0.0774. The average molecular weight is 384 g/mol. The van der Waals surface area contributed by atoms with Crippen LogP contribution in [0.25, 0.3) is 11.7 Å². The summed E-state index contributed by atoms with van der Waals surface area (Å²) in [6.45, 7) is 1.59. The van der Waals surface area contributed by atoms with Crippen molar-refractivity contribution >= 4 is 17.5 Å². The van der Waals surface area contributed by atoms with Crippen LogP contribution in [-0.2, 0) is 22.6 Å². The molecule has 2 amide bonds. The molecule has 0 unspecified atom stereocenters. The van der Waals surface area contributed by atoms with E-state index >= 15 is 0 Å². The molecule has 3 heterocycles. The van der Waals surface area contributed by atoms with Gasteiger partial charge in [0.2, 0.25) is 11.8 Å². The summed E-state index contributed by atoms with van der Waals surface area (Å²) >= 11 is 0. The Bertz CT molecular complexity index is 1050. The van der Waals surface area contributed by atoms with Crippen LogP contribution in [0, 0.1) is 6.92 Å². The first kappa shape index (κ1) is 19.2. The number of pyridine rings is 1. The van der Waals surface area contributed by atoms with Crippen molar-refractivity contribution in [2.75, 3.05) is 19.4 Å². The highest BCUT2D eigenvalue weighted by Crippen LogP contribution is 2.22. The van der Waals surface area contributed by atoms with Gasteiger partial charge < -0.3 is 23.6 Å². The molecule has 0 aliphatic rings. The molecule has 28 heavy (non-hydrogen) atoms. The van der Waals surface area contributed by atoms with Crippen molar-refractivity contribution in [1.29, 1.82) is 0 Å². The molecule has 0 saturated heterocycles. The molecule has 0 aliphatic heterocycles. The number of furan rings is 1. The number of anilines is 1. The molecule has 0 bridgehead atoms. The molecule has 0 atom stereocenters. The van der Waals surface area contributed by atoms with Crippen molar-refractivity contribution in [2.45, 2.75) is 19.9 Å². The summed E-state index contributed by atoms with van der Waals surface area (Å²) in [5, 5.41) is 2.57. The van der Waals surface area contributed by atoms with Gasteiger partial charge in [0.1, 0.15) is 18.0 Å². The monoisotopic (exact) mass is 384 g/mol. The number of carbonyl (C=O) groups is 2. The van der Waals surface area contributed by atoms with Gasteiger partial charge in [-0.1, -0.05) is 0 Å². The van der Waals surface area contributed by atoms with Crippen LogP contribution in [0.3, 0.4) is 0 Å². The maximum atomic E-state index is 12.5. The van der Waals surface area contributed by atoms with E-state index in [0.717, 1.165) is 0 Å². The summed E-state index contributed by atoms with van der Waals surface area (Å²) < 4.78 is 12.0. The maximum absolute atomic E-state index is 12.5. The largest absolute Gasteiger partial charge is 0.459 e. The second kappa shape index (κ2) is 7.95. The van der Waals surface area contributed by atoms with Crippen molar-refractivity contribution in [1.82, 2.24) is 14.5 Å². The van der Waals surface area contributed by atoms with E-state index in [4.69, 9.17) is 8.83 Å². The summed E-state index contributed by atoms with van der Waals surface area (Å²) in [4.78, 5) is 42.4. The van der Waals surface area contributed by atoms with Gasteiger partial charge in [-0.25, -0.2) is 4.98 Å². The third kappa shape index (κ3) is 4.20. The average Bonchev–Trinajstić information content (AvgIpc) is 3.28. The summed E-state index contributed by atoms with van der Waals surface area (Å²) in [6, 6.07) is 6.50. The molecule has 3 rings (SSSR count). The zero-order valence-electron chi connectivity index (χ0n) is 15.8. The number of likely N-dealkylation sites (N-methyl/N-ethyl adjacent to an activating group) is 1. The Balaban J connectivity index is 1.72. The van der Waals surface area contributed by atoms with Crippen LogP contribution in [0.4, 0.5) is 5.69 Å². The van der Waals surface area contributed by atoms with Crippen LogP contribution < -0.4 is 10.9 Å². The molecule has 146 valence electrons. The number of rotatable bonds is 6. The lowest BCUT2D eigenvalue weighted by Gasteiger charge is -2.12. The lowest BCUT2D eigenvalue weighted by Crippen LogP contribution is -2.33. The molecular weight excluding hydrogens is 364 g/mol. The third-order valence-corrected chi connectivity index (χ3v) is 4.05. The van der Waals surface area contributed by atoms with Gasteiger partial charge in [-0.2, -0.15) is 0 Å². The number of oxazole rings is 1. The highest BCUT2D eigenvalue weighted by molar-refractivity contribution is 5.92. The normalized spacial score (nSPS) is 10.7. The quantitative estimate of drug-likeness (QED) is 0.692. The second-order valence-electron chi connectivity index (χ2n) is 6.37. The van der Waals surface area contributed by atoms with Gasteiger partial charge in [-0.15, -0.1) is 0 Å². The van der Waals surface area contributed by atoms with Crippen molar-refractivity contribution in [3.05, 3.63) is 58.5 Å². The fraction of sp³-hybridized carbons (Fsp3) is 0.263. The van der Waals surface area contributed by atoms with Gasteiger partial charge in [0.25, 0.3) is 11.4 Å². The lowest BCUT2D eigenvalue weighted by molar-refractivity contribution is -0.129. The van der Waals surface area contributed by atoms with E-state index in [1.165, 1.54) is 28.0 Å². The van der Waals surface area contributed by atoms with Crippen LogP contribution in [0.15, 0.2) is 50.4 Å². The molecular formula is C19H20N4O5. The molecule has 0 spiro atoms. The molecule has 0 fully saturated rings. The Morgan fingerprint density at radius 2 is 2.04 bits per heavy atom. The molecule has 0 radical (unpaired) electrons. The first-order chi connectivity index (χ1) is 13.3. The molecule has 0 aromatic carbocycles. The predicted molar refractivity (Wildman–Crippen MR) is 101 cm³/mol. The molecule has 9 heteroatoms. The van der Waals surface area contributed by atoms with Crippen molar-refractivity contribution in [2.24, 2.45) is 0 Å². The summed E-state index contributed by atoms with van der Waals surface area (Å²) in [7, 11) is 3.21. The lowest BCUT2D eigenvalue weighted by atomic mass is 10.2. The van der Waals surface area contributed by atoms with Crippen molar-refractivity contribution in [3.8, 4) is 11.7 Å². The molecule has 1 N–H and O–H groups in total. The Kier molecular flexibility index (Phi) is 5.44. The van der Waals surface area contributed by atoms with Gasteiger partial charge in [-0.3, -0.25) is 14.4 Å². The fourth-order valence-electron chi connectivity index (χ4n) is 2.49. The number of aryl methyl sites for hydroxylation is 1. The van der Waals surface area contributed by atoms with Gasteiger partial charge in [0.05, 0.1) is 18.4 Å². The zero-order chi connectivity index (χ0) is 20.3. The van der Waals surface area contributed by atoms with Crippen LogP contribution >= 0.6 is 0 Å². The molecule has 0 saturated carbocycles. The van der Waals surface area contributed by atoms with Crippen LogP contribution in [0.2, 0.25) is 0 Å². The van der Waals surface area contributed by atoms with Crippen molar-refractivity contribution in [3.63, 3.8) is 0 Å². The van der Waals surface area contributed by atoms with Crippen LogP contribution in [-0.4, -0.2) is 40.4 Å². The van der Waals surface area contributed by atoms with Crippen molar-refractivity contribution < 1.29 is 18.4 Å². The van der Waals surface area contributed by atoms with Crippen LogP contribution in [0.1, 0.15) is 11.5 Å². The van der Waals surface area contributed by atoms with E-state index in [9.17, 15) is 14.4 Å². The topological polar surface area (TPSA) is 111 Å². The zero-order valence-corrected chi connectivity index (χ0v) is 15.8. The number of carbonyl (C=O) groups excluding carboxylic acids is 2. The first-order valence-electron chi connectivity index (χ1n) is 8.55. The number of nitrogens with one attached hydrogen (secondary N) is 1. The highest BCUT2D eigenvalue weighted by Gasteiger charge is 2.17. The Hall–Kier alpha value is -3.62. The van der Waals surface area contributed by atoms with Gasteiger partial charge >= 0.3 is 0 Å². The van der Waals surface area contributed by atoms with Crippen LogP contribution in [0.5, 0.6) is 0 Å². The smallest absolute Gasteiger partial charge is 0.274 e. The third-order valence-electron chi connectivity index (χ3n) is 4.05. The number of hydrogen-bond acceptors (Lipinski definition) is 6. The SMILES string of the molecule is Cc1oc(-c2ccco2)nc1CC(=O)Nc1cccn(CC(=O)N(C)C)c1=O. The number of aromatic nitrogens is 2. The van der Waals surface area contributed by atoms with E-state index in [0.29, 0.717) is 17.2 Å². The second-order valence-corrected chi connectivity index (χ2v) is 6.37. The molecule has 9 nitrogen and oxygen atoms in total. The number of hydrogen-bond donors (Lipinski definition) is 1. The Labute approximate surface area is 160 Å². The van der Waals surface area contributed by atoms with Gasteiger partial charge in [0, 0.05) is 20.3 Å². The van der Waals surface area contributed by atoms with E-state index in [1.54, 1.807) is 39.2 Å². The minimum absolute atomic E-state index is 0.0684. The van der Waals surface area contributed by atoms with E-state index in [-0.39, 0.29) is 30.5 Å².